The molecule has 1 aliphatic rings. The summed E-state index contributed by atoms with van der Waals surface area (Å²) < 4.78 is 2.20. The third kappa shape index (κ3) is 2.58. The summed E-state index contributed by atoms with van der Waals surface area (Å²) in [7, 11) is 0. The van der Waals surface area contributed by atoms with Gasteiger partial charge in [-0.05, 0) is 70.0 Å². The number of aromatic nitrogens is 2. The Labute approximate surface area is 126 Å². The smallest absolute Gasteiger partial charge is 0.127 e. The van der Waals surface area contributed by atoms with Crippen molar-refractivity contribution in [2.75, 3.05) is 19.7 Å². The van der Waals surface area contributed by atoms with Crippen LogP contribution in [0.3, 0.4) is 0 Å². The van der Waals surface area contributed by atoms with Gasteiger partial charge < -0.3 is 9.67 Å². The van der Waals surface area contributed by atoms with Crippen LogP contribution in [0.15, 0.2) is 12.1 Å². The van der Waals surface area contributed by atoms with Gasteiger partial charge in [-0.25, -0.2) is 4.98 Å². The average Bonchev–Trinajstić information content (AvgIpc) is 3.09. The zero-order valence-corrected chi connectivity index (χ0v) is 13.3. The maximum atomic E-state index is 9.43. The summed E-state index contributed by atoms with van der Waals surface area (Å²) in [6.07, 6.45) is 2.56. The fraction of sp³-hybridized carbons (Fsp3) is 0.588. The highest BCUT2D eigenvalue weighted by atomic mass is 16.3. The van der Waals surface area contributed by atoms with E-state index in [1.165, 1.54) is 24.0 Å². The largest absolute Gasteiger partial charge is 0.395 e. The predicted octanol–water partition coefficient (Wildman–Crippen LogP) is 2.80. The van der Waals surface area contributed by atoms with Crippen LogP contribution in [0.5, 0.6) is 0 Å². The molecule has 21 heavy (non-hydrogen) atoms. The Morgan fingerprint density at radius 2 is 1.86 bits per heavy atom. The summed E-state index contributed by atoms with van der Waals surface area (Å²) in [6.45, 7) is 9.58. The van der Waals surface area contributed by atoms with E-state index < -0.39 is 0 Å². The van der Waals surface area contributed by atoms with E-state index in [4.69, 9.17) is 4.98 Å². The van der Waals surface area contributed by atoms with Crippen molar-refractivity contribution in [3.8, 4) is 0 Å². The fourth-order valence-corrected chi connectivity index (χ4v) is 3.34. The van der Waals surface area contributed by atoms with Gasteiger partial charge in [0.05, 0.1) is 23.7 Å². The van der Waals surface area contributed by atoms with Gasteiger partial charge in [0.1, 0.15) is 5.82 Å². The van der Waals surface area contributed by atoms with E-state index in [-0.39, 0.29) is 6.61 Å². The summed E-state index contributed by atoms with van der Waals surface area (Å²) in [5.74, 6) is 1.09. The van der Waals surface area contributed by atoms with Crippen LogP contribution >= 0.6 is 0 Å². The Bertz CT molecular complexity index is 641. The highest BCUT2D eigenvalue weighted by Gasteiger charge is 2.24. The van der Waals surface area contributed by atoms with Gasteiger partial charge in [0.25, 0.3) is 0 Å². The molecule has 1 aromatic heterocycles. The molecular weight excluding hydrogens is 262 g/mol. The van der Waals surface area contributed by atoms with E-state index in [0.29, 0.717) is 12.6 Å². The second kappa shape index (κ2) is 5.78. The van der Waals surface area contributed by atoms with Crippen LogP contribution in [0.1, 0.15) is 42.8 Å². The van der Waals surface area contributed by atoms with Crippen LogP contribution in [0.2, 0.25) is 0 Å². The topological polar surface area (TPSA) is 41.3 Å². The lowest BCUT2D eigenvalue weighted by molar-refractivity contribution is 0.237. The number of hydrogen-bond donors (Lipinski definition) is 1. The van der Waals surface area contributed by atoms with E-state index in [0.717, 1.165) is 29.9 Å². The third-order valence-corrected chi connectivity index (χ3v) is 4.78. The van der Waals surface area contributed by atoms with Crippen molar-refractivity contribution >= 4 is 11.0 Å². The van der Waals surface area contributed by atoms with Gasteiger partial charge in [-0.3, -0.25) is 4.90 Å². The number of aliphatic hydroxyl groups excluding tert-OH is 1. The van der Waals surface area contributed by atoms with Crippen molar-refractivity contribution in [3.05, 3.63) is 29.1 Å². The van der Waals surface area contributed by atoms with Gasteiger partial charge in [-0.2, -0.15) is 0 Å². The molecule has 0 aliphatic carbocycles. The lowest BCUT2D eigenvalue weighted by Gasteiger charge is -2.24. The molecule has 0 saturated carbocycles. The van der Waals surface area contributed by atoms with Crippen LogP contribution in [0, 0.1) is 13.8 Å². The molecule has 1 atom stereocenters. The van der Waals surface area contributed by atoms with Crippen molar-refractivity contribution in [2.45, 2.75) is 46.2 Å². The molecular formula is C17H25N3O. The molecule has 0 spiro atoms. The normalized spacial score (nSPS) is 17.7. The first kappa shape index (κ1) is 14.5. The molecule has 1 N–H and O–H groups in total. The Morgan fingerprint density at radius 1 is 1.19 bits per heavy atom. The quantitative estimate of drug-likeness (QED) is 0.940. The van der Waals surface area contributed by atoms with E-state index in [1.807, 2.05) is 0 Å². The van der Waals surface area contributed by atoms with Gasteiger partial charge in [0.15, 0.2) is 0 Å². The van der Waals surface area contributed by atoms with E-state index in [2.05, 4.69) is 42.4 Å². The summed E-state index contributed by atoms with van der Waals surface area (Å²) in [6, 6.07) is 4.68. The van der Waals surface area contributed by atoms with Crippen LogP contribution in [0.25, 0.3) is 11.0 Å². The van der Waals surface area contributed by atoms with Gasteiger partial charge >= 0.3 is 0 Å². The highest BCUT2D eigenvalue weighted by molar-refractivity contribution is 5.78. The molecule has 0 amide bonds. The first-order chi connectivity index (χ1) is 10.1. The summed E-state index contributed by atoms with van der Waals surface area (Å²) >= 11 is 0. The molecule has 1 aromatic carbocycles. The van der Waals surface area contributed by atoms with Gasteiger partial charge in [0.2, 0.25) is 0 Å². The summed E-state index contributed by atoms with van der Waals surface area (Å²) in [5.41, 5.74) is 4.75. The maximum Gasteiger partial charge on any atom is 0.127 e. The zero-order chi connectivity index (χ0) is 15.0. The number of likely N-dealkylation sites (tertiary alicyclic amines) is 1. The number of rotatable bonds is 4. The Hall–Kier alpha value is -1.39. The van der Waals surface area contributed by atoms with E-state index >= 15 is 0 Å². The predicted molar refractivity (Wildman–Crippen MR) is 85.5 cm³/mol. The Kier molecular flexibility index (Phi) is 4.00. The molecule has 3 rings (SSSR count). The Balaban J connectivity index is 2.09. The lowest BCUT2D eigenvalue weighted by atomic mass is 10.1. The van der Waals surface area contributed by atoms with Crippen LogP contribution in [-0.4, -0.2) is 39.3 Å². The van der Waals surface area contributed by atoms with E-state index in [9.17, 15) is 5.11 Å². The lowest BCUT2D eigenvalue weighted by Crippen LogP contribution is -2.26. The van der Waals surface area contributed by atoms with Gasteiger partial charge in [-0.15, -0.1) is 0 Å². The molecule has 2 aromatic rings. The van der Waals surface area contributed by atoms with Crippen LogP contribution < -0.4 is 0 Å². The molecule has 4 heteroatoms. The molecule has 1 saturated heterocycles. The number of fused-ring (bicyclic) bond motifs is 1. The minimum Gasteiger partial charge on any atom is -0.395 e. The third-order valence-electron chi connectivity index (χ3n) is 4.78. The number of nitrogens with zero attached hydrogens (tertiary/aromatic N) is 3. The molecule has 0 radical (unpaired) electrons. The molecule has 1 fully saturated rings. The molecule has 114 valence electrons. The fourth-order valence-electron chi connectivity index (χ4n) is 3.34. The second-order valence-electron chi connectivity index (χ2n) is 6.19. The monoisotopic (exact) mass is 287 g/mol. The first-order valence-electron chi connectivity index (χ1n) is 7.94. The van der Waals surface area contributed by atoms with Crippen molar-refractivity contribution in [2.24, 2.45) is 0 Å². The van der Waals surface area contributed by atoms with Crippen molar-refractivity contribution in [1.29, 1.82) is 0 Å². The second-order valence-corrected chi connectivity index (χ2v) is 6.19. The standard InChI is InChI=1S/C17H25N3O/c1-12-10-15-16(11-13(12)2)20(8-9-21)17(18-15)14(3)19-6-4-5-7-19/h10-11,14,21H,4-9H2,1-3H3. The number of imidazole rings is 1. The first-order valence-corrected chi connectivity index (χ1v) is 7.94. The number of aliphatic hydroxyl groups is 1. The molecule has 4 nitrogen and oxygen atoms in total. The van der Waals surface area contributed by atoms with Crippen molar-refractivity contribution in [1.82, 2.24) is 14.5 Å². The van der Waals surface area contributed by atoms with Gasteiger partial charge in [0, 0.05) is 6.54 Å². The molecule has 1 unspecified atom stereocenters. The molecule has 2 heterocycles. The highest BCUT2D eigenvalue weighted by Crippen LogP contribution is 2.28. The van der Waals surface area contributed by atoms with Crippen LogP contribution in [0.4, 0.5) is 0 Å². The average molecular weight is 287 g/mol. The van der Waals surface area contributed by atoms with Crippen LogP contribution in [-0.2, 0) is 6.54 Å². The summed E-state index contributed by atoms with van der Waals surface area (Å²) in [4.78, 5) is 7.38. The number of hydrogen-bond acceptors (Lipinski definition) is 3. The number of aryl methyl sites for hydroxylation is 2. The Morgan fingerprint density at radius 3 is 2.52 bits per heavy atom. The molecule has 1 aliphatic heterocycles. The maximum absolute atomic E-state index is 9.43. The molecule has 0 bridgehead atoms. The van der Waals surface area contributed by atoms with Crippen molar-refractivity contribution < 1.29 is 5.11 Å². The van der Waals surface area contributed by atoms with Crippen molar-refractivity contribution in [3.63, 3.8) is 0 Å². The summed E-state index contributed by atoms with van der Waals surface area (Å²) in [5, 5.41) is 9.43. The zero-order valence-electron chi connectivity index (χ0n) is 13.3. The van der Waals surface area contributed by atoms with E-state index in [1.54, 1.807) is 0 Å². The number of benzene rings is 1. The minimum absolute atomic E-state index is 0.151. The minimum atomic E-state index is 0.151. The van der Waals surface area contributed by atoms with Gasteiger partial charge in [-0.1, -0.05) is 0 Å². The SMILES string of the molecule is Cc1cc2nc(C(C)N3CCCC3)n(CCO)c2cc1C.